The van der Waals surface area contributed by atoms with Crippen molar-refractivity contribution in [3.05, 3.63) is 16.5 Å². The minimum atomic E-state index is -3.49. The van der Waals surface area contributed by atoms with E-state index in [9.17, 15) is 8.42 Å². The molecule has 0 saturated carbocycles. The number of aliphatic hydroxyl groups excluding tert-OH is 1. The molecule has 0 aromatic carbocycles. The van der Waals surface area contributed by atoms with Crippen molar-refractivity contribution in [2.45, 2.75) is 36.6 Å². The maximum Gasteiger partial charge on any atom is 0.250 e. The summed E-state index contributed by atoms with van der Waals surface area (Å²) in [7, 11) is -3.49. The zero-order valence-electron chi connectivity index (χ0n) is 10.2. The second-order valence-electron chi connectivity index (χ2n) is 4.37. The van der Waals surface area contributed by atoms with Gasteiger partial charge in [-0.2, -0.15) is 0 Å². The Morgan fingerprint density at radius 2 is 2.39 bits per heavy atom. The molecule has 1 saturated heterocycles. The summed E-state index contributed by atoms with van der Waals surface area (Å²) in [6.45, 7) is 2.80. The fourth-order valence-corrected chi connectivity index (χ4v) is 4.61. The van der Waals surface area contributed by atoms with E-state index in [0.717, 1.165) is 29.7 Å². The van der Waals surface area contributed by atoms with Gasteiger partial charge in [0.2, 0.25) is 10.0 Å². The highest BCUT2D eigenvalue weighted by Crippen LogP contribution is 2.26. The van der Waals surface area contributed by atoms with Gasteiger partial charge in [-0.1, -0.05) is 0 Å². The van der Waals surface area contributed by atoms with Crippen molar-refractivity contribution in [2.75, 3.05) is 13.2 Å². The molecule has 7 heteroatoms. The molecule has 1 unspecified atom stereocenters. The smallest absolute Gasteiger partial charge is 0.250 e. The molecule has 0 spiro atoms. The van der Waals surface area contributed by atoms with Crippen molar-refractivity contribution in [3.63, 3.8) is 0 Å². The Labute approximate surface area is 111 Å². The van der Waals surface area contributed by atoms with Gasteiger partial charge in [0.25, 0.3) is 0 Å². The molecule has 1 aromatic heterocycles. The van der Waals surface area contributed by atoms with Gasteiger partial charge in [0.15, 0.2) is 0 Å². The van der Waals surface area contributed by atoms with Crippen LogP contribution in [0.5, 0.6) is 0 Å². The number of aryl methyl sites for hydroxylation is 1. The minimum absolute atomic E-state index is 0.126. The van der Waals surface area contributed by atoms with Gasteiger partial charge in [0.1, 0.15) is 4.21 Å². The number of aliphatic hydroxyl groups is 1. The molecule has 1 aromatic rings. The first kappa shape index (κ1) is 14.0. The van der Waals surface area contributed by atoms with Crippen LogP contribution in [0, 0.1) is 6.92 Å². The van der Waals surface area contributed by atoms with E-state index in [1.54, 1.807) is 13.0 Å². The third-order valence-electron chi connectivity index (χ3n) is 2.89. The number of nitrogens with one attached hydrogen (secondary N) is 1. The van der Waals surface area contributed by atoms with Crippen molar-refractivity contribution < 1.29 is 18.3 Å². The Morgan fingerprint density at radius 1 is 1.61 bits per heavy atom. The first-order valence-corrected chi connectivity index (χ1v) is 8.13. The number of hydrogen-bond acceptors (Lipinski definition) is 5. The molecule has 0 radical (unpaired) electrons. The molecule has 1 aliphatic heterocycles. The molecule has 18 heavy (non-hydrogen) atoms. The standard InChI is InChI=1S/C11H17NO4S2/c1-8-5-11(17-10(8)6-13)18(14,15)12-9-3-2-4-16-7-9/h5,9,12-13H,2-4,6-7H2,1H3. The van der Waals surface area contributed by atoms with Crippen molar-refractivity contribution in [3.8, 4) is 0 Å². The lowest BCUT2D eigenvalue weighted by atomic mass is 10.1. The molecule has 5 nitrogen and oxygen atoms in total. The SMILES string of the molecule is Cc1cc(S(=O)(=O)NC2CCCOC2)sc1CO. The van der Waals surface area contributed by atoms with Crippen LogP contribution in [-0.4, -0.2) is 32.8 Å². The van der Waals surface area contributed by atoms with E-state index in [-0.39, 0.29) is 16.9 Å². The molecule has 2 heterocycles. The van der Waals surface area contributed by atoms with Crippen LogP contribution in [0.15, 0.2) is 10.3 Å². The lowest BCUT2D eigenvalue weighted by molar-refractivity contribution is 0.0774. The summed E-state index contributed by atoms with van der Waals surface area (Å²) in [6, 6.07) is 1.45. The number of ether oxygens (including phenoxy) is 1. The Balaban J connectivity index is 2.13. The second-order valence-corrected chi connectivity index (χ2v) is 7.44. The monoisotopic (exact) mass is 291 g/mol. The van der Waals surface area contributed by atoms with Crippen LogP contribution in [0.2, 0.25) is 0 Å². The van der Waals surface area contributed by atoms with Gasteiger partial charge in [-0.3, -0.25) is 0 Å². The summed E-state index contributed by atoms with van der Waals surface area (Å²) in [5.74, 6) is 0. The molecule has 2 N–H and O–H groups in total. The maximum absolute atomic E-state index is 12.1. The van der Waals surface area contributed by atoms with Gasteiger partial charge in [-0.05, 0) is 31.4 Å². The summed E-state index contributed by atoms with van der Waals surface area (Å²) in [4.78, 5) is 0.690. The molecule has 0 aliphatic carbocycles. The second kappa shape index (κ2) is 5.66. The largest absolute Gasteiger partial charge is 0.391 e. The van der Waals surface area contributed by atoms with Crippen molar-refractivity contribution in [1.29, 1.82) is 0 Å². The van der Waals surface area contributed by atoms with Gasteiger partial charge in [-0.25, -0.2) is 13.1 Å². The lowest BCUT2D eigenvalue weighted by Crippen LogP contribution is -2.40. The van der Waals surface area contributed by atoms with E-state index >= 15 is 0 Å². The van der Waals surface area contributed by atoms with Gasteiger partial charge < -0.3 is 9.84 Å². The molecule has 0 bridgehead atoms. The average molecular weight is 291 g/mol. The molecular formula is C11H17NO4S2. The van der Waals surface area contributed by atoms with E-state index in [0.29, 0.717) is 18.1 Å². The van der Waals surface area contributed by atoms with Crippen LogP contribution >= 0.6 is 11.3 Å². The van der Waals surface area contributed by atoms with Crippen LogP contribution in [-0.2, 0) is 21.4 Å². The van der Waals surface area contributed by atoms with Crippen molar-refractivity contribution in [1.82, 2.24) is 4.72 Å². The number of rotatable bonds is 4. The topological polar surface area (TPSA) is 75.6 Å². The maximum atomic E-state index is 12.1. The summed E-state index contributed by atoms with van der Waals surface area (Å²) >= 11 is 1.11. The molecule has 0 amide bonds. The first-order valence-electron chi connectivity index (χ1n) is 5.83. The van der Waals surface area contributed by atoms with E-state index in [1.807, 2.05) is 0 Å². The quantitative estimate of drug-likeness (QED) is 0.868. The Kier molecular flexibility index (Phi) is 4.39. The van der Waals surface area contributed by atoms with Crippen molar-refractivity contribution >= 4 is 21.4 Å². The molecular weight excluding hydrogens is 274 g/mol. The number of hydrogen-bond donors (Lipinski definition) is 2. The van der Waals surface area contributed by atoms with Gasteiger partial charge in [0, 0.05) is 17.5 Å². The highest BCUT2D eigenvalue weighted by Gasteiger charge is 2.24. The predicted molar refractivity (Wildman–Crippen MR) is 69.1 cm³/mol. The number of sulfonamides is 1. The minimum Gasteiger partial charge on any atom is -0.391 e. The van der Waals surface area contributed by atoms with E-state index in [2.05, 4.69) is 4.72 Å². The highest BCUT2D eigenvalue weighted by molar-refractivity contribution is 7.91. The van der Waals surface area contributed by atoms with Crippen LogP contribution in [0.4, 0.5) is 0 Å². The Hall–Kier alpha value is -0.470. The van der Waals surface area contributed by atoms with Gasteiger partial charge >= 0.3 is 0 Å². The molecule has 1 atom stereocenters. The fraction of sp³-hybridized carbons (Fsp3) is 0.636. The molecule has 1 fully saturated rings. The van der Waals surface area contributed by atoms with E-state index in [1.165, 1.54) is 0 Å². The van der Waals surface area contributed by atoms with E-state index < -0.39 is 10.0 Å². The van der Waals surface area contributed by atoms with Crippen LogP contribution in [0.1, 0.15) is 23.3 Å². The summed E-state index contributed by atoms with van der Waals surface area (Å²) in [5, 5.41) is 9.09. The molecule has 1 aliphatic rings. The Bertz CT molecular complexity index is 503. The van der Waals surface area contributed by atoms with E-state index in [4.69, 9.17) is 9.84 Å². The summed E-state index contributed by atoms with van der Waals surface area (Å²) < 4.78 is 32.4. The normalized spacial score (nSPS) is 21.1. The fourth-order valence-electron chi connectivity index (χ4n) is 1.89. The zero-order chi connectivity index (χ0) is 13.2. The third kappa shape index (κ3) is 3.10. The van der Waals surface area contributed by atoms with Crippen LogP contribution in [0.25, 0.3) is 0 Å². The third-order valence-corrected chi connectivity index (χ3v) is 6.10. The predicted octanol–water partition coefficient (Wildman–Crippen LogP) is 1.01. The molecule has 102 valence electrons. The molecule has 2 rings (SSSR count). The Morgan fingerprint density at radius 3 is 2.94 bits per heavy atom. The summed E-state index contributed by atoms with van der Waals surface area (Å²) in [6.07, 6.45) is 1.68. The zero-order valence-corrected chi connectivity index (χ0v) is 11.8. The summed E-state index contributed by atoms with van der Waals surface area (Å²) in [5.41, 5.74) is 0.808. The number of thiophene rings is 1. The van der Waals surface area contributed by atoms with Crippen molar-refractivity contribution in [2.24, 2.45) is 0 Å². The first-order chi connectivity index (χ1) is 8.53. The lowest BCUT2D eigenvalue weighted by Gasteiger charge is -2.22. The highest BCUT2D eigenvalue weighted by atomic mass is 32.2. The average Bonchev–Trinajstić information content (AvgIpc) is 2.72. The van der Waals surface area contributed by atoms with Gasteiger partial charge in [0.05, 0.1) is 13.2 Å². The van der Waals surface area contributed by atoms with Gasteiger partial charge in [-0.15, -0.1) is 11.3 Å². The van der Waals surface area contributed by atoms with Crippen LogP contribution < -0.4 is 4.72 Å². The van der Waals surface area contributed by atoms with Crippen LogP contribution in [0.3, 0.4) is 0 Å².